The first kappa shape index (κ1) is 16.5. The van der Waals surface area contributed by atoms with Crippen LogP contribution in [-0.4, -0.2) is 47.6 Å². The van der Waals surface area contributed by atoms with Crippen LogP contribution in [0.3, 0.4) is 0 Å². The fourth-order valence-corrected chi connectivity index (χ4v) is 1.87. The summed E-state index contributed by atoms with van der Waals surface area (Å²) in [6, 6.07) is 6.39. The summed E-state index contributed by atoms with van der Waals surface area (Å²) in [4.78, 5) is 25.3. The van der Waals surface area contributed by atoms with E-state index in [4.69, 9.17) is 16.7 Å². The molecule has 5 nitrogen and oxygen atoms in total. The minimum Gasteiger partial charge on any atom is -0.395 e. The smallest absolute Gasteiger partial charge is 0.251 e. The van der Waals surface area contributed by atoms with Crippen LogP contribution in [-0.2, 0) is 4.79 Å². The molecule has 2 N–H and O–H groups in total. The molecule has 0 aliphatic heterocycles. The zero-order chi connectivity index (χ0) is 15.1. The van der Waals surface area contributed by atoms with Gasteiger partial charge in [0.15, 0.2) is 0 Å². The van der Waals surface area contributed by atoms with Crippen LogP contribution in [0.15, 0.2) is 24.3 Å². The molecule has 6 heteroatoms. The van der Waals surface area contributed by atoms with Gasteiger partial charge in [-0.15, -0.1) is 0 Å². The number of carbonyl (C=O) groups excluding carboxylic acids is 2. The number of hydrogen-bond donors (Lipinski definition) is 2. The first-order valence-electron chi connectivity index (χ1n) is 6.39. The number of amides is 2. The number of aliphatic hydroxyl groups is 1. The molecule has 0 bridgehead atoms. The van der Waals surface area contributed by atoms with E-state index in [1.54, 1.807) is 24.3 Å². The Morgan fingerprint density at radius 2 is 1.90 bits per heavy atom. The Morgan fingerprint density at radius 1 is 1.30 bits per heavy atom. The van der Waals surface area contributed by atoms with E-state index in [0.29, 0.717) is 10.6 Å². The summed E-state index contributed by atoms with van der Waals surface area (Å²) in [6.07, 6.45) is 0. The lowest BCUT2D eigenvalue weighted by Crippen LogP contribution is -2.44. The van der Waals surface area contributed by atoms with E-state index in [1.807, 2.05) is 13.8 Å². The Labute approximate surface area is 123 Å². The molecular weight excluding hydrogens is 280 g/mol. The molecule has 1 rings (SSSR count). The SMILES string of the molecule is CC(C)N(CCO)C(=O)CNC(=O)c1ccc(Cl)cc1. The topological polar surface area (TPSA) is 69.6 Å². The van der Waals surface area contributed by atoms with Gasteiger partial charge in [0.25, 0.3) is 5.91 Å². The molecule has 1 aromatic rings. The minimum atomic E-state index is -0.331. The average molecular weight is 299 g/mol. The average Bonchev–Trinajstić information content (AvgIpc) is 2.42. The second-order valence-corrected chi connectivity index (χ2v) is 5.03. The number of nitrogens with zero attached hydrogens (tertiary/aromatic N) is 1. The van der Waals surface area contributed by atoms with E-state index in [1.165, 1.54) is 4.90 Å². The Bertz CT molecular complexity index is 460. The van der Waals surface area contributed by atoms with Crippen molar-refractivity contribution in [3.05, 3.63) is 34.9 Å². The van der Waals surface area contributed by atoms with Crippen molar-refractivity contribution >= 4 is 23.4 Å². The quantitative estimate of drug-likeness (QED) is 0.832. The Kier molecular flexibility index (Phi) is 6.48. The lowest BCUT2D eigenvalue weighted by molar-refractivity contribution is -0.132. The molecule has 0 aromatic heterocycles. The number of benzene rings is 1. The van der Waals surface area contributed by atoms with E-state index >= 15 is 0 Å². The molecule has 0 fully saturated rings. The summed E-state index contributed by atoms with van der Waals surface area (Å²) in [5.41, 5.74) is 0.445. The molecule has 0 saturated carbocycles. The molecular formula is C14H19ClN2O3. The molecule has 2 amide bonds. The molecule has 110 valence electrons. The van der Waals surface area contributed by atoms with Crippen molar-refractivity contribution in [1.29, 1.82) is 0 Å². The summed E-state index contributed by atoms with van der Waals surface area (Å²) in [6.45, 7) is 3.77. The van der Waals surface area contributed by atoms with Crippen LogP contribution in [0.1, 0.15) is 24.2 Å². The summed E-state index contributed by atoms with van der Waals surface area (Å²) in [5, 5.41) is 12.0. The fourth-order valence-electron chi connectivity index (χ4n) is 1.74. The fraction of sp³-hybridized carbons (Fsp3) is 0.429. The van der Waals surface area contributed by atoms with Gasteiger partial charge in [0, 0.05) is 23.2 Å². The molecule has 0 radical (unpaired) electrons. The van der Waals surface area contributed by atoms with E-state index in [2.05, 4.69) is 5.32 Å². The highest BCUT2D eigenvalue weighted by atomic mass is 35.5. The maximum atomic E-state index is 11.9. The number of rotatable bonds is 6. The first-order valence-corrected chi connectivity index (χ1v) is 6.77. The highest BCUT2D eigenvalue weighted by Gasteiger charge is 2.17. The van der Waals surface area contributed by atoms with E-state index in [-0.39, 0.29) is 37.6 Å². The monoisotopic (exact) mass is 298 g/mol. The van der Waals surface area contributed by atoms with Crippen LogP contribution >= 0.6 is 11.6 Å². The lowest BCUT2D eigenvalue weighted by Gasteiger charge is -2.26. The van der Waals surface area contributed by atoms with Gasteiger partial charge in [-0.3, -0.25) is 9.59 Å². The highest BCUT2D eigenvalue weighted by Crippen LogP contribution is 2.09. The van der Waals surface area contributed by atoms with Gasteiger partial charge >= 0.3 is 0 Å². The normalized spacial score (nSPS) is 10.4. The summed E-state index contributed by atoms with van der Waals surface area (Å²) in [5.74, 6) is -0.556. The van der Waals surface area contributed by atoms with E-state index in [9.17, 15) is 9.59 Å². The molecule has 20 heavy (non-hydrogen) atoms. The van der Waals surface area contributed by atoms with Crippen molar-refractivity contribution in [3.8, 4) is 0 Å². The maximum Gasteiger partial charge on any atom is 0.251 e. The van der Waals surface area contributed by atoms with Gasteiger partial charge < -0.3 is 15.3 Å². The predicted molar refractivity (Wildman–Crippen MR) is 77.7 cm³/mol. The van der Waals surface area contributed by atoms with Gasteiger partial charge in [0.2, 0.25) is 5.91 Å². The number of nitrogens with one attached hydrogen (secondary N) is 1. The minimum absolute atomic E-state index is 0.0258. The van der Waals surface area contributed by atoms with Crippen molar-refractivity contribution in [3.63, 3.8) is 0 Å². The maximum absolute atomic E-state index is 11.9. The zero-order valence-corrected chi connectivity index (χ0v) is 12.4. The largest absolute Gasteiger partial charge is 0.395 e. The van der Waals surface area contributed by atoms with Crippen molar-refractivity contribution in [2.75, 3.05) is 19.7 Å². The van der Waals surface area contributed by atoms with Gasteiger partial charge in [0.1, 0.15) is 0 Å². The van der Waals surface area contributed by atoms with Crippen LogP contribution in [0, 0.1) is 0 Å². The molecule has 0 atom stereocenters. The van der Waals surface area contributed by atoms with Gasteiger partial charge in [-0.05, 0) is 38.1 Å². The second kappa shape index (κ2) is 7.87. The van der Waals surface area contributed by atoms with Gasteiger partial charge in [-0.1, -0.05) is 11.6 Å². The third-order valence-corrected chi connectivity index (χ3v) is 3.04. The zero-order valence-electron chi connectivity index (χ0n) is 11.6. The van der Waals surface area contributed by atoms with Crippen molar-refractivity contribution in [2.45, 2.75) is 19.9 Å². The Balaban J connectivity index is 2.55. The molecule has 0 heterocycles. The standard InChI is InChI=1S/C14H19ClN2O3/c1-10(2)17(7-8-18)13(19)9-16-14(20)11-3-5-12(15)6-4-11/h3-6,10,18H,7-9H2,1-2H3,(H,16,20). The van der Waals surface area contributed by atoms with Gasteiger partial charge in [0.05, 0.1) is 13.2 Å². The number of carbonyl (C=O) groups is 2. The number of halogens is 1. The van der Waals surface area contributed by atoms with Crippen molar-refractivity contribution in [2.24, 2.45) is 0 Å². The molecule has 0 spiro atoms. The van der Waals surface area contributed by atoms with Crippen LogP contribution in [0.2, 0.25) is 5.02 Å². The lowest BCUT2D eigenvalue weighted by atomic mass is 10.2. The molecule has 0 aliphatic carbocycles. The van der Waals surface area contributed by atoms with E-state index in [0.717, 1.165) is 0 Å². The van der Waals surface area contributed by atoms with Crippen LogP contribution in [0.5, 0.6) is 0 Å². The molecule has 0 unspecified atom stereocenters. The third-order valence-electron chi connectivity index (χ3n) is 2.79. The highest BCUT2D eigenvalue weighted by molar-refractivity contribution is 6.30. The Hall–Kier alpha value is -1.59. The molecule has 0 saturated heterocycles. The Morgan fingerprint density at radius 3 is 2.40 bits per heavy atom. The summed E-state index contributed by atoms with van der Waals surface area (Å²) >= 11 is 5.74. The second-order valence-electron chi connectivity index (χ2n) is 4.59. The third kappa shape index (κ3) is 4.83. The number of hydrogen-bond acceptors (Lipinski definition) is 3. The van der Waals surface area contributed by atoms with Gasteiger partial charge in [-0.25, -0.2) is 0 Å². The number of aliphatic hydroxyl groups excluding tert-OH is 1. The van der Waals surface area contributed by atoms with Crippen molar-refractivity contribution < 1.29 is 14.7 Å². The summed E-state index contributed by atoms with van der Waals surface area (Å²) in [7, 11) is 0. The van der Waals surface area contributed by atoms with E-state index < -0.39 is 0 Å². The van der Waals surface area contributed by atoms with Crippen LogP contribution in [0.25, 0.3) is 0 Å². The summed E-state index contributed by atoms with van der Waals surface area (Å²) < 4.78 is 0. The van der Waals surface area contributed by atoms with Crippen molar-refractivity contribution in [1.82, 2.24) is 10.2 Å². The van der Waals surface area contributed by atoms with Crippen LogP contribution in [0.4, 0.5) is 0 Å². The molecule has 0 aliphatic rings. The molecule has 1 aromatic carbocycles. The van der Waals surface area contributed by atoms with Gasteiger partial charge in [-0.2, -0.15) is 0 Å². The first-order chi connectivity index (χ1) is 9.45. The van der Waals surface area contributed by atoms with Crippen LogP contribution < -0.4 is 5.32 Å². The predicted octanol–water partition coefficient (Wildman–Crippen LogP) is 1.30.